The molecule has 1 atom stereocenters. The fourth-order valence-corrected chi connectivity index (χ4v) is 5.69. The number of benzene rings is 2. The molecular weight excluding hydrogens is 440 g/mol. The summed E-state index contributed by atoms with van der Waals surface area (Å²) in [5.74, 6) is 0. The van der Waals surface area contributed by atoms with Crippen molar-refractivity contribution in [1.82, 2.24) is 10.3 Å². The Morgan fingerprint density at radius 2 is 1.88 bits per heavy atom. The van der Waals surface area contributed by atoms with Crippen LogP contribution in [0.1, 0.15) is 29.1 Å². The Bertz CT molecular complexity index is 1280. The van der Waals surface area contributed by atoms with E-state index in [1.165, 1.54) is 26.6 Å². The molecule has 2 aromatic carbocycles. The topological polar surface area (TPSA) is 49.4 Å². The van der Waals surface area contributed by atoms with Gasteiger partial charge < -0.3 is 20.3 Å². The minimum atomic E-state index is 0.187. The van der Waals surface area contributed by atoms with E-state index in [0.717, 1.165) is 55.1 Å². The van der Waals surface area contributed by atoms with E-state index in [0.29, 0.717) is 0 Å². The lowest BCUT2D eigenvalue weighted by Crippen LogP contribution is -2.36. The van der Waals surface area contributed by atoms with E-state index in [2.05, 4.69) is 90.0 Å². The van der Waals surface area contributed by atoms with E-state index in [-0.39, 0.29) is 6.04 Å². The van der Waals surface area contributed by atoms with Crippen molar-refractivity contribution in [2.24, 2.45) is 0 Å². The van der Waals surface area contributed by atoms with Crippen molar-refractivity contribution in [3.63, 3.8) is 0 Å². The average molecular weight is 473 g/mol. The number of anilines is 2. The van der Waals surface area contributed by atoms with Crippen molar-refractivity contribution in [2.45, 2.75) is 26.4 Å². The summed E-state index contributed by atoms with van der Waals surface area (Å²) < 4.78 is 5.54. The molecule has 2 N–H and O–H groups in total. The number of hydrogen-bond acceptors (Lipinski definition) is 6. The molecule has 1 saturated heterocycles. The molecule has 34 heavy (non-hydrogen) atoms. The Balaban J connectivity index is 1.43. The zero-order valence-corrected chi connectivity index (χ0v) is 20.9. The molecule has 0 amide bonds. The van der Waals surface area contributed by atoms with Gasteiger partial charge in [0.2, 0.25) is 0 Å². The van der Waals surface area contributed by atoms with Crippen LogP contribution in [0.3, 0.4) is 0 Å². The van der Waals surface area contributed by atoms with Crippen LogP contribution in [0.2, 0.25) is 0 Å². The van der Waals surface area contributed by atoms with Gasteiger partial charge in [-0.25, -0.2) is 0 Å². The first-order valence-corrected chi connectivity index (χ1v) is 12.8. The van der Waals surface area contributed by atoms with Crippen LogP contribution >= 0.6 is 11.3 Å². The van der Waals surface area contributed by atoms with Gasteiger partial charge in [-0.15, -0.1) is 11.3 Å². The molecule has 0 spiro atoms. The monoisotopic (exact) mass is 472 g/mol. The summed E-state index contributed by atoms with van der Waals surface area (Å²) in [7, 11) is 1.99. The van der Waals surface area contributed by atoms with Crippen molar-refractivity contribution in [3.8, 4) is 10.4 Å². The van der Waals surface area contributed by atoms with Crippen LogP contribution in [-0.2, 0) is 11.3 Å². The molecule has 176 valence electrons. The van der Waals surface area contributed by atoms with E-state index in [9.17, 15) is 0 Å². The Morgan fingerprint density at radius 1 is 1.06 bits per heavy atom. The fraction of sp³-hybridized carbons (Fsp3) is 0.321. The van der Waals surface area contributed by atoms with Gasteiger partial charge in [-0.2, -0.15) is 0 Å². The standard InChI is InChI=1S/C28H32N4OS/c1-19-16-26(24-17-22(8-9-25(24)30-19)32-12-14-33-15-13-32)31-20(2)27-10-11-28(34-27)23-7-5-4-6-21(23)18-29-3/h4-11,16-17,20,29H,12-15,18H2,1-3H3,(H,30,31). The van der Waals surface area contributed by atoms with Crippen molar-refractivity contribution >= 4 is 33.6 Å². The smallest absolute Gasteiger partial charge is 0.0727 e. The van der Waals surface area contributed by atoms with Crippen LogP contribution in [0.25, 0.3) is 21.3 Å². The highest BCUT2D eigenvalue weighted by molar-refractivity contribution is 7.15. The molecule has 4 aromatic rings. The summed E-state index contributed by atoms with van der Waals surface area (Å²) in [6, 6.07) is 22.1. The van der Waals surface area contributed by atoms with Crippen LogP contribution in [0.5, 0.6) is 0 Å². The molecule has 6 heteroatoms. The van der Waals surface area contributed by atoms with Crippen LogP contribution in [0.4, 0.5) is 11.4 Å². The van der Waals surface area contributed by atoms with Gasteiger partial charge in [0, 0.05) is 51.8 Å². The molecular formula is C28H32N4OS. The van der Waals surface area contributed by atoms with Crippen molar-refractivity contribution in [2.75, 3.05) is 43.6 Å². The van der Waals surface area contributed by atoms with Crippen molar-refractivity contribution in [3.05, 3.63) is 76.8 Å². The zero-order chi connectivity index (χ0) is 23.5. The predicted molar refractivity (Wildman–Crippen MR) is 144 cm³/mol. The summed E-state index contributed by atoms with van der Waals surface area (Å²) in [5, 5.41) is 8.24. The molecule has 1 fully saturated rings. The second-order valence-electron chi connectivity index (χ2n) is 8.87. The molecule has 3 heterocycles. The summed E-state index contributed by atoms with van der Waals surface area (Å²) in [6.07, 6.45) is 0. The number of morpholine rings is 1. The minimum absolute atomic E-state index is 0.187. The summed E-state index contributed by atoms with van der Waals surface area (Å²) in [6.45, 7) is 8.59. The van der Waals surface area contributed by atoms with Gasteiger partial charge >= 0.3 is 0 Å². The van der Waals surface area contributed by atoms with Crippen molar-refractivity contribution < 1.29 is 4.74 Å². The van der Waals surface area contributed by atoms with E-state index in [1.54, 1.807) is 0 Å². The number of aromatic nitrogens is 1. The highest BCUT2D eigenvalue weighted by Crippen LogP contribution is 2.36. The maximum atomic E-state index is 5.54. The SMILES string of the molecule is CNCc1ccccc1-c1ccc(C(C)Nc2cc(C)nc3ccc(N4CCOCC4)cc23)s1. The van der Waals surface area contributed by atoms with E-state index in [1.807, 2.05) is 18.4 Å². The van der Waals surface area contributed by atoms with Crippen molar-refractivity contribution in [1.29, 1.82) is 0 Å². The number of pyridine rings is 1. The van der Waals surface area contributed by atoms with E-state index >= 15 is 0 Å². The number of thiophene rings is 1. The van der Waals surface area contributed by atoms with Crippen LogP contribution in [0.15, 0.2) is 60.7 Å². The Kier molecular flexibility index (Phi) is 6.81. The number of rotatable bonds is 7. The average Bonchev–Trinajstić information content (AvgIpc) is 3.35. The number of nitrogens with zero attached hydrogens (tertiary/aromatic N) is 2. The zero-order valence-electron chi connectivity index (χ0n) is 20.1. The number of hydrogen-bond donors (Lipinski definition) is 2. The van der Waals surface area contributed by atoms with E-state index in [4.69, 9.17) is 9.72 Å². The second kappa shape index (κ2) is 10.1. The highest BCUT2D eigenvalue weighted by Gasteiger charge is 2.16. The Labute approximate surface area is 205 Å². The minimum Gasteiger partial charge on any atom is -0.378 e. The largest absolute Gasteiger partial charge is 0.378 e. The number of aryl methyl sites for hydroxylation is 1. The molecule has 1 aliphatic heterocycles. The summed E-state index contributed by atoms with van der Waals surface area (Å²) >= 11 is 1.86. The first kappa shape index (κ1) is 22.8. The lowest BCUT2D eigenvalue weighted by atomic mass is 10.1. The van der Waals surface area contributed by atoms with E-state index < -0.39 is 0 Å². The number of fused-ring (bicyclic) bond motifs is 1. The molecule has 0 aliphatic carbocycles. The lowest BCUT2D eigenvalue weighted by Gasteiger charge is -2.29. The molecule has 1 unspecified atom stereocenters. The van der Waals surface area contributed by atoms with Gasteiger partial charge in [0.05, 0.1) is 24.8 Å². The Morgan fingerprint density at radius 3 is 2.71 bits per heavy atom. The van der Waals surface area contributed by atoms with Gasteiger partial charge in [0.1, 0.15) is 0 Å². The highest BCUT2D eigenvalue weighted by atomic mass is 32.1. The molecule has 5 rings (SSSR count). The van der Waals surface area contributed by atoms with Gasteiger partial charge in [0.15, 0.2) is 0 Å². The van der Waals surface area contributed by atoms with Gasteiger partial charge in [-0.3, -0.25) is 4.98 Å². The first-order chi connectivity index (χ1) is 16.6. The van der Waals surface area contributed by atoms with Crippen LogP contribution in [-0.4, -0.2) is 38.3 Å². The molecule has 0 radical (unpaired) electrons. The lowest BCUT2D eigenvalue weighted by molar-refractivity contribution is 0.122. The maximum absolute atomic E-state index is 5.54. The van der Waals surface area contributed by atoms with Gasteiger partial charge in [-0.1, -0.05) is 24.3 Å². The maximum Gasteiger partial charge on any atom is 0.0727 e. The van der Waals surface area contributed by atoms with Crippen LogP contribution in [0, 0.1) is 6.92 Å². The fourth-order valence-electron chi connectivity index (χ4n) is 4.62. The summed E-state index contributed by atoms with van der Waals surface area (Å²) in [5.41, 5.74) is 7.05. The third kappa shape index (κ3) is 4.80. The normalized spacial score (nSPS) is 15.0. The molecule has 2 aromatic heterocycles. The third-order valence-electron chi connectivity index (χ3n) is 6.37. The molecule has 0 saturated carbocycles. The first-order valence-electron chi connectivity index (χ1n) is 12.0. The second-order valence-corrected chi connectivity index (χ2v) is 9.98. The summed E-state index contributed by atoms with van der Waals surface area (Å²) in [4.78, 5) is 9.81. The third-order valence-corrected chi connectivity index (χ3v) is 7.67. The predicted octanol–water partition coefficient (Wildman–Crippen LogP) is 6.00. The molecule has 5 nitrogen and oxygen atoms in total. The number of nitrogens with one attached hydrogen (secondary N) is 2. The van der Waals surface area contributed by atoms with Gasteiger partial charge in [-0.05, 0) is 68.4 Å². The Hall–Kier alpha value is -2.93. The number of ether oxygens (including phenoxy) is 1. The van der Waals surface area contributed by atoms with Crippen LogP contribution < -0.4 is 15.5 Å². The quantitative estimate of drug-likeness (QED) is 0.345. The van der Waals surface area contributed by atoms with Gasteiger partial charge in [0.25, 0.3) is 0 Å². The molecule has 1 aliphatic rings. The molecule has 0 bridgehead atoms.